The maximum absolute atomic E-state index is 13.4. The van der Waals surface area contributed by atoms with Crippen molar-refractivity contribution in [1.29, 1.82) is 0 Å². The molecule has 0 fully saturated rings. The van der Waals surface area contributed by atoms with Crippen LogP contribution in [0.15, 0.2) is 78.7 Å². The molecular formula is C24H17FN2O4. The van der Waals surface area contributed by atoms with Crippen LogP contribution in [0.1, 0.15) is 12.5 Å². The number of para-hydroxylation sites is 1. The van der Waals surface area contributed by atoms with Crippen molar-refractivity contribution >= 4 is 23.6 Å². The van der Waals surface area contributed by atoms with Crippen LogP contribution in [0.25, 0.3) is 23.0 Å². The Bertz CT molecular complexity index is 1220. The molecule has 1 unspecified atom stereocenters. The van der Waals surface area contributed by atoms with Gasteiger partial charge < -0.3 is 4.74 Å². The molecule has 0 bridgehead atoms. The van der Waals surface area contributed by atoms with Gasteiger partial charge in [0.1, 0.15) is 11.6 Å². The molecule has 0 spiro atoms. The van der Waals surface area contributed by atoms with Gasteiger partial charge in [0.15, 0.2) is 17.5 Å². The number of ether oxygens (including phenoxy) is 1. The second-order valence-corrected chi connectivity index (χ2v) is 6.97. The first-order chi connectivity index (χ1) is 14.9. The number of cyclic esters (lactones) is 1. The van der Waals surface area contributed by atoms with E-state index in [9.17, 15) is 18.8 Å². The van der Waals surface area contributed by atoms with Crippen LogP contribution in [0.3, 0.4) is 0 Å². The van der Waals surface area contributed by atoms with Crippen molar-refractivity contribution in [2.75, 3.05) is 0 Å². The molecule has 3 aromatic rings. The van der Waals surface area contributed by atoms with Crippen LogP contribution in [0.5, 0.6) is 0 Å². The van der Waals surface area contributed by atoms with Crippen LogP contribution in [0.2, 0.25) is 0 Å². The van der Waals surface area contributed by atoms with E-state index in [0.717, 1.165) is 17.8 Å². The number of esters is 1. The smallest absolute Gasteiger partial charge is 0.329 e. The summed E-state index contributed by atoms with van der Waals surface area (Å²) in [6.45, 7) is 1.47. The molecule has 2 aromatic carbocycles. The van der Waals surface area contributed by atoms with E-state index < -0.39 is 23.5 Å². The first kappa shape index (κ1) is 20.2. The Morgan fingerprint density at radius 2 is 1.81 bits per heavy atom. The van der Waals surface area contributed by atoms with E-state index in [0.29, 0.717) is 16.8 Å². The summed E-state index contributed by atoms with van der Waals surface area (Å²) in [5.74, 6) is -3.92. The fraction of sp³-hybridized carbons (Fsp3) is 0.0833. The zero-order valence-corrected chi connectivity index (χ0v) is 16.5. The van der Waals surface area contributed by atoms with E-state index in [2.05, 4.69) is 5.10 Å². The lowest BCUT2D eigenvalue weighted by molar-refractivity contribution is -0.151. The quantitative estimate of drug-likeness (QED) is 0.358. The molecule has 1 aliphatic rings. The van der Waals surface area contributed by atoms with Crippen molar-refractivity contribution in [3.63, 3.8) is 0 Å². The predicted octanol–water partition coefficient (Wildman–Crippen LogP) is 3.91. The number of nitrogens with zero attached hydrogens (tertiary/aromatic N) is 2. The third-order valence-electron chi connectivity index (χ3n) is 4.72. The van der Waals surface area contributed by atoms with Crippen LogP contribution in [0.4, 0.5) is 4.39 Å². The summed E-state index contributed by atoms with van der Waals surface area (Å²) in [6, 6.07) is 15.2. The molecule has 1 atom stereocenters. The van der Waals surface area contributed by atoms with E-state index in [4.69, 9.17) is 4.74 Å². The summed E-state index contributed by atoms with van der Waals surface area (Å²) in [5, 5.41) is 4.57. The average Bonchev–Trinajstić information content (AvgIpc) is 3.17. The summed E-state index contributed by atoms with van der Waals surface area (Å²) in [6.07, 6.45) is 5.49. The monoisotopic (exact) mass is 416 g/mol. The first-order valence-corrected chi connectivity index (χ1v) is 9.49. The Balaban J connectivity index is 1.70. The van der Waals surface area contributed by atoms with Gasteiger partial charge in [-0.3, -0.25) is 14.4 Å². The van der Waals surface area contributed by atoms with Crippen molar-refractivity contribution in [3.8, 4) is 16.9 Å². The highest BCUT2D eigenvalue weighted by Crippen LogP contribution is 2.26. The lowest BCUT2D eigenvalue weighted by Crippen LogP contribution is -2.34. The number of aromatic nitrogens is 2. The van der Waals surface area contributed by atoms with E-state index in [1.54, 1.807) is 23.0 Å². The van der Waals surface area contributed by atoms with Crippen molar-refractivity contribution in [2.45, 2.75) is 6.92 Å². The summed E-state index contributed by atoms with van der Waals surface area (Å²) < 4.78 is 19.9. The number of hydrogen-bond acceptors (Lipinski definition) is 5. The minimum atomic E-state index is -1.52. The van der Waals surface area contributed by atoms with Gasteiger partial charge in [-0.1, -0.05) is 18.2 Å². The average molecular weight is 416 g/mol. The topological polar surface area (TPSA) is 78.3 Å². The van der Waals surface area contributed by atoms with Gasteiger partial charge in [-0.15, -0.1) is 0 Å². The van der Waals surface area contributed by atoms with Crippen molar-refractivity contribution in [3.05, 3.63) is 90.1 Å². The molecule has 4 rings (SSSR count). The molecule has 31 heavy (non-hydrogen) atoms. The van der Waals surface area contributed by atoms with E-state index in [-0.39, 0.29) is 11.6 Å². The molecule has 0 N–H and O–H groups in total. The summed E-state index contributed by atoms with van der Waals surface area (Å²) in [7, 11) is 0. The number of ketones is 2. The minimum Gasteiger partial charge on any atom is -0.430 e. The number of hydrogen-bond donors (Lipinski definition) is 0. The van der Waals surface area contributed by atoms with Gasteiger partial charge >= 0.3 is 5.97 Å². The fourth-order valence-electron chi connectivity index (χ4n) is 3.23. The normalized spacial score (nSPS) is 16.3. The lowest BCUT2D eigenvalue weighted by atomic mass is 9.95. The number of carbonyl (C=O) groups excluding carboxylic acids is 3. The van der Waals surface area contributed by atoms with E-state index in [1.807, 2.05) is 30.3 Å². The second kappa shape index (κ2) is 8.31. The van der Waals surface area contributed by atoms with Crippen molar-refractivity contribution < 1.29 is 23.5 Å². The molecular weight excluding hydrogens is 399 g/mol. The summed E-state index contributed by atoms with van der Waals surface area (Å²) in [4.78, 5) is 36.6. The van der Waals surface area contributed by atoms with Crippen LogP contribution in [-0.4, -0.2) is 27.3 Å². The molecule has 1 aromatic heterocycles. The second-order valence-electron chi connectivity index (χ2n) is 6.97. The Kier molecular flexibility index (Phi) is 5.41. The van der Waals surface area contributed by atoms with Gasteiger partial charge in [-0.25, -0.2) is 9.07 Å². The van der Waals surface area contributed by atoms with Gasteiger partial charge in [-0.05, 0) is 55.5 Å². The zero-order chi connectivity index (χ0) is 22.0. The Labute approximate surface area is 177 Å². The van der Waals surface area contributed by atoms with Crippen molar-refractivity contribution in [1.82, 2.24) is 9.78 Å². The standard InChI is InChI=1S/C24H17FN2O4/c1-15-13-21(29)22(24(30)31-15)20(28)12-9-17-14-27(19-5-3-2-4-6-19)26-23(17)16-7-10-18(25)11-8-16/h2-14,22H,1H3/b12-9+. The molecule has 6 nitrogen and oxygen atoms in total. The molecule has 0 aliphatic carbocycles. The molecule has 2 heterocycles. The van der Waals surface area contributed by atoms with Gasteiger partial charge in [0.05, 0.1) is 11.4 Å². The van der Waals surface area contributed by atoms with Crippen LogP contribution in [-0.2, 0) is 19.1 Å². The van der Waals surface area contributed by atoms with E-state index in [1.165, 1.54) is 25.1 Å². The fourth-order valence-corrected chi connectivity index (χ4v) is 3.23. The zero-order valence-electron chi connectivity index (χ0n) is 16.5. The number of rotatable bonds is 5. The predicted molar refractivity (Wildman–Crippen MR) is 111 cm³/mol. The van der Waals surface area contributed by atoms with Crippen LogP contribution < -0.4 is 0 Å². The van der Waals surface area contributed by atoms with Gasteiger partial charge in [0.2, 0.25) is 0 Å². The van der Waals surface area contributed by atoms with Crippen LogP contribution in [0, 0.1) is 11.7 Å². The van der Waals surface area contributed by atoms with Crippen LogP contribution >= 0.6 is 0 Å². The van der Waals surface area contributed by atoms with Gasteiger partial charge in [0, 0.05) is 23.4 Å². The molecule has 7 heteroatoms. The molecule has 154 valence electrons. The highest BCUT2D eigenvalue weighted by Gasteiger charge is 2.36. The number of carbonyl (C=O) groups is 3. The molecule has 0 radical (unpaired) electrons. The maximum Gasteiger partial charge on any atom is 0.329 e. The maximum atomic E-state index is 13.4. The number of allylic oxidation sites excluding steroid dienone is 3. The van der Waals surface area contributed by atoms with Gasteiger partial charge in [0.25, 0.3) is 0 Å². The molecule has 0 amide bonds. The highest BCUT2D eigenvalue weighted by atomic mass is 19.1. The van der Waals surface area contributed by atoms with E-state index >= 15 is 0 Å². The molecule has 0 saturated heterocycles. The third-order valence-corrected chi connectivity index (χ3v) is 4.72. The Morgan fingerprint density at radius 1 is 1.10 bits per heavy atom. The number of benzene rings is 2. The highest BCUT2D eigenvalue weighted by molar-refractivity contribution is 6.25. The largest absolute Gasteiger partial charge is 0.430 e. The Morgan fingerprint density at radius 3 is 2.48 bits per heavy atom. The van der Waals surface area contributed by atoms with Gasteiger partial charge in [-0.2, -0.15) is 5.10 Å². The lowest BCUT2D eigenvalue weighted by Gasteiger charge is -2.15. The number of halogens is 1. The molecule has 0 saturated carbocycles. The van der Waals surface area contributed by atoms with Crippen molar-refractivity contribution in [2.24, 2.45) is 5.92 Å². The first-order valence-electron chi connectivity index (χ1n) is 9.49. The molecule has 1 aliphatic heterocycles. The SMILES string of the molecule is CC1=CC(=O)C(C(=O)/C=C/c2cn(-c3ccccc3)nc2-c2ccc(F)cc2)C(=O)O1. The minimum absolute atomic E-state index is 0.158. The Hall–Kier alpha value is -4.13. The summed E-state index contributed by atoms with van der Waals surface area (Å²) >= 11 is 0. The summed E-state index contributed by atoms with van der Waals surface area (Å²) in [5.41, 5.74) is 2.52. The third kappa shape index (κ3) is 4.25.